The summed E-state index contributed by atoms with van der Waals surface area (Å²) in [5.74, 6) is 0. The Labute approximate surface area is 179 Å². The van der Waals surface area contributed by atoms with E-state index in [4.69, 9.17) is 5.73 Å². The Morgan fingerprint density at radius 1 is 1.14 bits per heavy atom. The number of rotatable bonds is 8. The molecule has 1 fully saturated rings. The van der Waals surface area contributed by atoms with Crippen LogP contribution in [0.2, 0.25) is 0 Å². The SMILES string of the molecule is C=N/N=c1/cc(CCC23CCC=C2CC3)c(CC)cn1CN.CC.CCCCC. The maximum atomic E-state index is 5.81. The molecule has 4 nitrogen and oxygen atoms in total. The summed E-state index contributed by atoms with van der Waals surface area (Å²) in [6.07, 6.45) is 17.4. The van der Waals surface area contributed by atoms with Gasteiger partial charge in [0, 0.05) is 12.9 Å². The molecule has 1 aromatic rings. The molecule has 0 aliphatic heterocycles. The summed E-state index contributed by atoms with van der Waals surface area (Å²) in [5, 5.41) is 7.80. The highest BCUT2D eigenvalue weighted by molar-refractivity contribution is 5.30. The summed E-state index contributed by atoms with van der Waals surface area (Å²) in [4.78, 5) is 0. The molecule has 0 saturated heterocycles. The van der Waals surface area contributed by atoms with E-state index in [0.29, 0.717) is 12.1 Å². The van der Waals surface area contributed by atoms with Crippen molar-refractivity contribution in [3.8, 4) is 0 Å². The zero-order valence-electron chi connectivity index (χ0n) is 19.6. The van der Waals surface area contributed by atoms with Gasteiger partial charge < -0.3 is 10.3 Å². The van der Waals surface area contributed by atoms with E-state index in [1.165, 1.54) is 62.5 Å². The van der Waals surface area contributed by atoms with Gasteiger partial charge in [-0.1, -0.05) is 65.5 Å². The molecule has 1 aromatic heterocycles. The summed E-state index contributed by atoms with van der Waals surface area (Å²) in [7, 11) is 0. The van der Waals surface area contributed by atoms with E-state index in [-0.39, 0.29) is 0 Å². The molecule has 3 rings (SSSR count). The average Bonchev–Trinajstić information content (AvgIpc) is 3.03. The molecule has 29 heavy (non-hydrogen) atoms. The smallest absolute Gasteiger partial charge is 0.156 e. The molecule has 164 valence electrons. The highest BCUT2D eigenvalue weighted by Gasteiger charge is 2.43. The highest BCUT2D eigenvalue weighted by Crippen LogP contribution is 2.56. The minimum absolute atomic E-state index is 0.415. The minimum atomic E-state index is 0.415. The molecule has 2 aliphatic carbocycles. The van der Waals surface area contributed by atoms with Gasteiger partial charge in [0.05, 0.1) is 6.67 Å². The van der Waals surface area contributed by atoms with Crippen molar-refractivity contribution in [2.45, 2.75) is 105 Å². The number of hydrogen-bond donors (Lipinski definition) is 1. The van der Waals surface area contributed by atoms with Crippen LogP contribution in [-0.4, -0.2) is 11.3 Å². The number of fused-ring (bicyclic) bond motifs is 1. The van der Waals surface area contributed by atoms with Crippen LogP contribution in [0.15, 0.2) is 34.1 Å². The lowest BCUT2D eigenvalue weighted by atomic mass is 9.63. The Bertz CT molecular complexity index is 712. The number of allylic oxidation sites excluding steroid dienone is 2. The van der Waals surface area contributed by atoms with Gasteiger partial charge in [-0.2, -0.15) is 5.10 Å². The standard InChI is InChI=1S/C18H26N4.C5H12.C2H6/c1-3-14-12-22(13-19)17(21-20-2)11-15(14)6-9-18-8-4-5-16(18)7-10-18;1-3-5-4-2;1-2/h5,11-12H,2-4,6-10,13,19H2,1H3;3-5H2,1-2H3;1-2H3/b21-17-;;. The average molecular weight is 401 g/mol. The van der Waals surface area contributed by atoms with Gasteiger partial charge in [-0.05, 0) is 67.6 Å². The van der Waals surface area contributed by atoms with Crippen LogP contribution in [0.3, 0.4) is 0 Å². The summed E-state index contributed by atoms with van der Waals surface area (Å²) in [6.45, 7) is 14.5. The second-order valence-corrected chi connectivity index (χ2v) is 7.83. The van der Waals surface area contributed by atoms with Crippen molar-refractivity contribution in [3.63, 3.8) is 0 Å². The molecule has 1 saturated carbocycles. The lowest BCUT2D eigenvalue weighted by Crippen LogP contribution is -2.31. The Morgan fingerprint density at radius 3 is 2.31 bits per heavy atom. The van der Waals surface area contributed by atoms with Gasteiger partial charge in [0.1, 0.15) is 0 Å². The zero-order chi connectivity index (χ0) is 21.7. The summed E-state index contributed by atoms with van der Waals surface area (Å²) in [5.41, 5.74) is 11.6. The monoisotopic (exact) mass is 400 g/mol. The Balaban J connectivity index is 0.000000527. The number of hydrogen-bond acceptors (Lipinski definition) is 3. The number of nitrogens with two attached hydrogens (primary N) is 1. The topological polar surface area (TPSA) is 55.7 Å². The molecule has 2 aliphatic rings. The van der Waals surface area contributed by atoms with Gasteiger partial charge >= 0.3 is 0 Å². The number of unbranched alkanes of at least 4 members (excludes halogenated alkanes) is 2. The van der Waals surface area contributed by atoms with Crippen molar-refractivity contribution >= 4 is 6.72 Å². The zero-order valence-corrected chi connectivity index (χ0v) is 19.6. The molecular weight excluding hydrogens is 356 g/mol. The van der Waals surface area contributed by atoms with Gasteiger partial charge in [0.2, 0.25) is 0 Å². The van der Waals surface area contributed by atoms with Crippen molar-refractivity contribution in [2.24, 2.45) is 21.4 Å². The minimum Gasteiger partial charge on any atom is -0.318 e. The van der Waals surface area contributed by atoms with Crippen LogP contribution in [0.25, 0.3) is 0 Å². The molecule has 0 aromatic carbocycles. The third-order valence-electron chi connectivity index (χ3n) is 6.22. The maximum absolute atomic E-state index is 5.81. The largest absolute Gasteiger partial charge is 0.318 e. The van der Waals surface area contributed by atoms with E-state index in [1.807, 2.05) is 18.4 Å². The van der Waals surface area contributed by atoms with E-state index in [0.717, 1.165) is 18.3 Å². The number of nitrogens with zero attached hydrogens (tertiary/aromatic N) is 3. The van der Waals surface area contributed by atoms with E-state index in [1.54, 1.807) is 5.57 Å². The van der Waals surface area contributed by atoms with Gasteiger partial charge in [-0.25, -0.2) is 0 Å². The molecule has 2 N–H and O–H groups in total. The summed E-state index contributed by atoms with van der Waals surface area (Å²) >= 11 is 0. The van der Waals surface area contributed by atoms with Crippen molar-refractivity contribution in [2.75, 3.05) is 0 Å². The van der Waals surface area contributed by atoms with Crippen LogP contribution in [0.5, 0.6) is 0 Å². The van der Waals surface area contributed by atoms with Crippen LogP contribution < -0.4 is 11.2 Å². The highest BCUT2D eigenvalue weighted by atomic mass is 15.2. The van der Waals surface area contributed by atoms with Crippen LogP contribution >= 0.6 is 0 Å². The van der Waals surface area contributed by atoms with E-state index >= 15 is 0 Å². The second-order valence-electron chi connectivity index (χ2n) is 7.83. The Hall–Kier alpha value is -1.68. The third kappa shape index (κ3) is 6.67. The Morgan fingerprint density at radius 2 is 1.86 bits per heavy atom. The Kier molecular flexibility index (Phi) is 11.8. The fourth-order valence-corrected chi connectivity index (χ4v) is 4.41. The van der Waals surface area contributed by atoms with Gasteiger partial charge in [-0.15, -0.1) is 5.10 Å². The number of aryl methyl sites for hydroxylation is 2. The van der Waals surface area contributed by atoms with Crippen LogP contribution in [0, 0.1) is 5.41 Å². The van der Waals surface area contributed by atoms with E-state index in [9.17, 15) is 0 Å². The molecule has 1 heterocycles. The lowest BCUT2D eigenvalue weighted by Gasteiger charge is -2.42. The summed E-state index contributed by atoms with van der Waals surface area (Å²) in [6, 6.07) is 2.15. The van der Waals surface area contributed by atoms with E-state index in [2.05, 4.69) is 56.0 Å². The van der Waals surface area contributed by atoms with Crippen LogP contribution in [0.1, 0.15) is 97.1 Å². The molecule has 4 heteroatoms. The molecule has 0 spiro atoms. The van der Waals surface area contributed by atoms with Crippen molar-refractivity contribution < 1.29 is 0 Å². The fraction of sp³-hybridized carbons (Fsp3) is 0.680. The molecular formula is C25H44N4. The number of aromatic nitrogens is 1. The first kappa shape index (κ1) is 25.4. The molecule has 0 amide bonds. The molecule has 0 bridgehead atoms. The molecule has 1 atom stereocenters. The molecule has 0 radical (unpaired) electrons. The first-order valence-electron chi connectivity index (χ1n) is 11.8. The van der Waals surface area contributed by atoms with Gasteiger partial charge in [0.15, 0.2) is 5.49 Å². The van der Waals surface area contributed by atoms with Crippen molar-refractivity contribution in [3.05, 3.63) is 40.5 Å². The predicted octanol–water partition coefficient (Wildman–Crippen LogP) is 6.14. The van der Waals surface area contributed by atoms with Gasteiger partial charge in [-0.3, -0.25) is 0 Å². The lowest BCUT2D eigenvalue weighted by molar-refractivity contribution is 0.222. The predicted molar refractivity (Wildman–Crippen MR) is 127 cm³/mol. The fourth-order valence-electron chi connectivity index (χ4n) is 4.41. The number of pyridine rings is 1. The molecule has 1 unspecified atom stereocenters. The van der Waals surface area contributed by atoms with Crippen molar-refractivity contribution in [1.82, 2.24) is 4.57 Å². The maximum Gasteiger partial charge on any atom is 0.156 e. The van der Waals surface area contributed by atoms with Crippen molar-refractivity contribution in [1.29, 1.82) is 0 Å². The first-order chi connectivity index (χ1) is 14.1. The van der Waals surface area contributed by atoms with Gasteiger partial charge in [0.25, 0.3) is 0 Å². The third-order valence-corrected chi connectivity index (χ3v) is 6.22. The normalized spacial score (nSPS) is 19.8. The first-order valence-corrected chi connectivity index (χ1v) is 11.8. The van der Waals surface area contributed by atoms with Crippen LogP contribution in [0.4, 0.5) is 0 Å². The van der Waals surface area contributed by atoms with E-state index < -0.39 is 0 Å². The quantitative estimate of drug-likeness (QED) is 0.318. The van der Waals surface area contributed by atoms with Crippen LogP contribution in [-0.2, 0) is 19.5 Å². The second kappa shape index (κ2) is 13.5. The summed E-state index contributed by atoms with van der Waals surface area (Å²) < 4.78 is 1.94.